The fourth-order valence-corrected chi connectivity index (χ4v) is 2.43. The predicted molar refractivity (Wildman–Crippen MR) is 74.3 cm³/mol. The highest BCUT2D eigenvalue weighted by Crippen LogP contribution is 2.32. The largest absolute Gasteiger partial charge is 0.321 e. The molecule has 0 spiro atoms. The van der Waals surface area contributed by atoms with Gasteiger partial charge in [-0.1, -0.05) is 23.9 Å². The van der Waals surface area contributed by atoms with Gasteiger partial charge in [0.05, 0.1) is 16.9 Å². The molecule has 1 amide bonds. The van der Waals surface area contributed by atoms with Crippen LogP contribution >= 0.6 is 11.8 Å². The average Bonchev–Trinajstić information content (AvgIpc) is 2.71. The number of aromatic amines is 1. The molecule has 1 aromatic carbocycles. The Morgan fingerprint density at radius 1 is 1.35 bits per heavy atom. The first kappa shape index (κ1) is 14.5. The van der Waals surface area contributed by atoms with Crippen molar-refractivity contribution in [3.05, 3.63) is 41.2 Å². The number of para-hydroxylation sites is 1. The van der Waals surface area contributed by atoms with Crippen molar-refractivity contribution in [1.82, 2.24) is 10.2 Å². The van der Waals surface area contributed by atoms with Gasteiger partial charge in [0.2, 0.25) is 0 Å². The van der Waals surface area contributed by atoms with E-state index in [1.165, 1.54) is 0 Å². The first-order valence-electron chi connectivity index (χ1n) is 5.85. The Labute approximate surface area is 119 Å². The van der Waals surface area contributed by atoms with Crippen LogP contribution in [-0.4, -0.2) is 21.9 Å². The maximum absolute atomic E-state index is 12.5. The summed E-state index contributed by atoms with van der Waals surface area (Å²) in [6, 6.07) is 6.46. The molecule has 2 rings (SSSR count). The standard InChI is InChI=1S/C13H13F2N3OS/c1-7-11(8(2)18-17-7)12(19)16-9-5-3-4-6-10(9)20-13(14)15/h3-6,13H,1-2H3,(H,16,19)(H,17,18). The fraction of sp³-hybridized carbons (Fsp3) is 0.231. The molecule has 0 unspecified atom stereocenters. The molecule has 0 aliphatic carbocycles. The summed E-state index contributed by atoms with van der Waals surface area (Å²) < 4.78 is 24.9. The number of carbonyl (C=O) groups excluding carboxylic acids is 1. The van der Waals surface area contributed by atoms with Crippen LogP contribution in [0.25, 0.3) is 0 Å². The zero-order valence-corrected chi connectivity index (χ0v) is 11.7. The number of benzene rings is 1. The number of aromatic nitrogens is 2. The van der Waals surface area contributed by atoms with E-state index in [1.54, 1.807) is 38.1 Å². The fourth-order valence-electron chi connectivity index (χ4n) is 1.84. The highest BCUT2D eigenvalue weighted by Gasteiger charge is 2.17. The van der Waals surface area contributed by atoms with Gasteiger partial charge in [0.25, 0.3) is 11.7 Å². The van der Waals surface area contributed by atoms with Crippen LogP contribution in [0.15, 0.2) is 29.2 Å². The van der Waals surface area contributed by atoms with Gasteiger partial charge in [-0.05, 0) is 26.0 Å². The van der Waals surface area contributed by atoms with Crippen molar-refractivity contribution in [3.63, 3.8) is 0 Å². The Balaban J connectivity index is 2.24. The molecular formula is C13H13F2N3OS. The summed E-state index contributed by atoms with van der Waals surface area (Å²) in [5.41, 5.74) is 2.00. The van der Waals surface area contributed by atoms with Gasteiger partial charge < -0.3 is 5.32 Å². The maximum Gasteiger partial charge on any atom is 0.288 e. The van der Waals surface area contributed by atoms with Crippen molar-refractivity contribution in [2.45, 2.75) is 24.5 Å². The van der Waals surface area contributed by atoms with Crippen molar-refractivity contribution < 1.29 is 13.6 Å². The number of rotatable bonds is 4. The third-order valence-electron chi connectivity index (χ3n) is 2.71. The summed E-state index contributed by atoms with van der Waals surface area (Å²) in [6.07, 6.45) is 0. The summed E-state index contributed by atoms with van der Waals surface area (Å²) in [5.74, 6) is -2.90. The molecule has 0 radical (unpaired) electrons. The van der Waals surface area contributed by atoms with E-state index in [1.807, 2.05) is 0 Å². The molecule has 0 bridgehead atoms. The Morgan fingerprint density at radius 2 is 2.05 bits per heavy atom. The zero-order valence-electron chi connectivity index (χ0n) is 10.9. The molecule has 1 heterocycles. The van der Waals surface area contributed by atoms with Crippen LogP contribution < -0.4 is 5.32 Å². The number of aryl methyl sites for hydroxylation is 2. The maximum atomic E-state index is 12.5. The molecule has 2 N–H and O–H groups in total. The highest BCUT2D eigenvalue weighted by atomic mass is 32.2. The third-order valence-corrected chi connectivity index (χ3v) is 3.49. The smallest absolute Gasteiger partial charge is 0.288 e. The third kappa shape index (κ3) is 3.16. The molecule has 0 fully saturated rings. The minimum atomic E-state index is -2.54. The molecule has 0 aliphatic heterocycles. The van der Waals surface area contributed by atoms with E-state index in [9.17, 15) is 13.6 Å². The van der Waals surface area contributed by atoms with Gasteiger partial charge in [0, 0.05) is 10.6 Å². The second-order valence-corrected chi connectivity index (χ2v) is 5.17. The number of nitrogens with zero attached hydrogens (tertiary/aromatic N) is 1. The molecule has 106 valence electrons. The normalized spacial score (nSPS) is 10.8. The number of thioether (sulfide) groups is 1. The molecule has 1 aromatic heterocycles. The number of alkyl halides is 2. The molecule has 0 atom stereocenters. The van der Waals surface area contributed by atoms with Crippen molar-refractivity contribution in [2.75, 3.05) is 5.32 Å². The van der Waals surface area contributed by atoms with E-state index in [0.29, 0.717) is 39.3 Å². The van der Waals surface area contributed by atoms with Gasteiger partial charge in [-0.3, -0.25) is 9.89 Å². The van der Waals surface area contributed by atoms with Crippen molar-refractivity contribution >= 4 is 23.4 Å². The number of anilines is 1. The Morgan fingerprint density at radius 3 is 2.65 bits per heavy atom. The quantitative estimate of drug-likeness (QED) is 0.848. The number of nitrogens with one attached hydrogen (secondary N) is 2. The number of halogens is 2. The van der Waals surface area contributed by atoms with E-state index >= 15 is 0 Å². The first-order valence-corrected chi connectivity index (χ1v) is 6.73. The number of amides is 1. The SMILES string of the molecule is Cc1n[nH]c(C)c1C(=O)Nc1ccccc1SC(F)F. The van der Waals surface area contributed by atoms with E-state index in [-0.39, 0.29) is 5.91 Å². The summed E-state index contributed by atoms with van der Waals surface area (Å²) in [7, 11) is 0. The lowest BCUT2D eigenvalue weighted by molar-refractivity contribution is 0.102. The van der Waals surface area contributed by atoms with Crippen LogP contribution in [0.3, 0.4) is 0 Å². The zero-order chi connectivity index (χ0) is 14.7. The van der Waals surface area contributed by atoms with Crippen LogP contribution in [0.2, 0.25) is 0 Å². The van der Waals surface area contributed by atoms with Crippen molar-refractivity contribution in [2.24, 2.45) is 0 Å². The summed E-state index contributed by atoms with van der Waals surface area (Å²) >= 11 is 0.401. The summed E-state index contributed by atoms with van der Waals surface area (Å²) in [5, 5.41) is 9.30. The van der Waals surface area contributed by atoms with Gasteiger partial charge in [-0.25, -0.2) is 0 Å². The Hall–Kier alpha value is -1.89. The van der Waals surface area contributed by atoms with Gasteiger partial charge in [0.15, 0.2) is 0 Å². The Kier molecular flexibility index (Phi) is 4.39. The van der Waals surface area contributed by atoms with E-state index in [2.05, 4.69) is 15.5 Å². The summed E-state index contributed by atoms with van der Waals surface area (Å²) in [4.78, 5) is 12.5. The lowest BCUT2D eigenvalue weighted by Gasteiger charge is -2.10. The highest BCUT2D eigenvalue weighted by molar-refractivity contribution is 7.99. The minimum absolute atomic E-state index is 0.328. The molecular weight excluding hydrogens is 284 g/mol. The molecule has 4 nitrogen and oxygen atoms in total. The predicted octanol–water partition coefficient (Wildman–Crippen LogP) is 3.59. The van der Waals surface area contributed by atoms with E-state index in [0.717, 1.165) is 0 Å². The minimum Gasteiger partial charge on any atom is -0.321 e. The van der Waals surface area contributed by atoms with Crippen LogP contribution in [0.5, 0.6) is 0 Å². The summed E-state index contributed by atoms with van der Waals surface area (Å²) in [6.45, 7) is 3.44. The van der Waals surface area contributed by atoms with Crippen LogP contribution in [-0.2, 0) is 0 Å². The average molecular weight is 297 g/mol. The molecule has 7 heteroatoms. The van der Waals surface area contributed by atoms with E-state index < -0.39 is 5.76 Å². The monoisotopic (exact) mass is 297 g/mol. The number of hydrogen-bond donors (Lipinski definition) is 2. The molecule has 0 aliphatic rings. The van der Waals surface area contributed by atoms with Crippen molar-refractivity contribution in [1.29, 1.82) is 0 Å². The van der Waals surface area contributed by atoms with E-state index in [4.69, 9.17) is 0 Å². The second kappa shape index (κ2) is 6.04. The second-order valence-electron chi connectivity index (χ2n) is 4.14. The van der Waals surface area contributed by atoms with Gasteiger partial charge in [0.1, 0.15) is 0 Å². The van der Waals surface area contributed by atoms with Crippen molar-refractivity contribution in [3.8, 4) is 0 Å². The lowest BCUT2D eigenvalue weighted by Crippen LogP contribution is -2.14. The van der Waals surface area contributed by atoms with Crippen LogP contribution in [0.4, 0.5) is 14.5 Å². The van der Waals surface area contributed by atoms with Crippen LogP contribution in [0.1, 0.15) is 21.7 Å². The molecule has 0 saturated heterocycles. The van der Waals surface area contributed by atoms with Crippen LogP contribution in [0, 0.1) is 13.8 Å². The van der Waals surface area contributed by atoms with Gasteiger partial charge in [-0.2, -0.15) is 13.9 Å². The molecule has 2 aromatic rings. The number of hydrogen-bond acceptors (Lipinski definition) is 3. The molecule has 20 heavy (non-hydrogen) atoms. The topological polar surface area (TPSA) is 57.8 Å². The number of carbonyl (C=O) groups is 1. The Bertz CT molecular complexity index is 608. The van der Waals surface area contributed by atoms with Gasteiger partial charge in [-0.15, -0.1) is 0 Å². The van der Waals surface area contributed by atoms with Gasteiger partial charge >= 0.3 is 0 Å². The number of H-pyrrole nitrogens is 1. The lowest BCUT2D eigenvalue weighted by atomic mass is 10.2. The first-order chi connectivity index (χ1) is 9.49. The molecule has 0 saturated carbocycles.